The average molecular weight is 232 g/mol. The maximum Gasteiger partial charge on any atom is 0.163 e. The van der Waals surface area contributed by atoms with E-state index in [1.54, 1.807) is 6.07 Å². The highest BCUT2D eigenvalue weighted by atomic mass is 15.5. The summed E-state index contributed by atoms with van der Waals surface area (Å²) in [5.41, 5.74) is 9.99. The highest BCUT2D eigenvalue weighted by Gasteiger charge is 2.14. The standard InChI is InChI=1S/C11H16N6/c1-16-2-4-17(5-3-16)15-11-10(13)6-9(7-12)8-14-11/h6,8H,2-5,13H2,1H3,(H,14,15). The number of likely N-dealkylation sites (N-methyl/N-ethyl adjacent to an activating group) is 1. The Bertz CT molecular complexity index is 430. The third-order valence-electron chi connectivity index (χ3n) is 2.81. The van der Waals surface area contributed by atoms with Gasteiger partial charge in [-0.25, -0.2) is 9.99 Å². The summed E-state index contributed by atoms with van der Waals surface area (Å²) in [7, 11) is 2.10. The summed E-state index contributed by atoms with van der Waals surface area (Å²) in [6, 6.07) is 3.64. The number of nitrogens with one attached hydrogen (secondary N) is 1. The van der Waals surface area contributed by atoms with Gasteiger partial charge >= 0.3 is 0 Å². The molecule has 3 N–H and O–H groups in total. The minimum Gasteiger partial charge on any atom is -0.396 e. The summed E-state index contributed by atoms with van der Waals surface area (Å²) in [6.45, 7) is 3.89. The average Bonchev–Trinajstić information content (AvgIpc) is 2.34. The molecule has 0 saturated carbocycles. The van der Waals surface area contributed by atoms with E-state index < -0.39 is 0 Å². The Morgan fingerprint density at radius 1 is 1.41 bits per heavy atom. The summed E-state index contributed by atoms with van der Waals surface area (Å²) in [4.78, 5) is 6.42. The van der Waals surface area contributed by atoms with Crippen molar-refractivity contribution >= 4 is 11.5 Å². The van der Waals surface area contributed by atoms with Crippen LogP contribution in [-0.4, -0.2) is 48.1 Å². The molecule has 1 saturated heterocycles. The molecule has 2 rings (SSSR count). The normalized spacial score (nSPS) is 17.6. The number of pyridine rings is 1. The van der Waals surface area contributed by atoms with E-state index in [1.807, 2.05) is 6.07 Å². The topological polar surface area (TPSA) is 81.2 Å². The van der Waals surface area contributed by atoms with E-state index in [9.17, 15) is 0 Å². The fourth-order valence-electron chi connectivity index (χ4n) is 1.70. The van der Waals surface area contributed by atoms with Gasteiger partial charge in [0.2, 0.25) is 0 Å². The van der Waals surface area contributed by atoms with Crippen LogP contribution in [0.3, 0.4) is 0 Å². The molecule has 6 nitrogen and oxygen atoms in total. The molecular weight excluding hydrogens is 216 g/mol. The van der Waals surface area contributed by atoms with E-state index in [4.69, 9.17) is 11.0 Å². The number of hydrogen-bond donors (Lipinski definition) is 2. The quantitative estimate of drug-likeness (QED) is 0.753. The van der Waals surface area contributed by atoms with Gasteiger partial charge < -0.3 is 16.1 Å². The van der Waals surface area contributed by atoms with Crippen molar-refractivity contribution in [2.45, 2.75) is 0 Å². The van der Waals surface area contributed by atoms with Crippen LogP contribution in [0, 0.1) is 11.3 Å². The van der Waals surface area contributed by atoms with E-state index in [0.29, 0.717) is 17.1 Å². The number of nitrogen functional groups attached to an aromatic ring is 1. The number of aromatic nitrogens is 1. The van der Waals surface area contributed by atoms with Crippen LogP contribution in [0.4, 0.5) is 11.5 Å². The molecule has 1 aliphatic heterocycles. The Morgan fingerprint density at radius 3 is 2.71 bits per heavy atom. The molecule has 0 bridgehead atoms. The van der Waals surface area contributed by atoms with E-state index in [0.717, 1.165) is 26.2 Å². The molecule has 6 heteroatoms. The molecule has 1 aromatic rings. The number of nitrogens with zero attached hydrogens (tertiary/aromatic N) is 4. The molecule has 0 aromatic carbocycles. The van der Waals surface area contributed by atoms with Gasteiger partial charge in [-0.1, -0.05) is 0 Å². The van der Waals surface area contributed by atoms with Crippen LogP contribution in [0.25, 0.3) is 0 Å². The first-order chi connectivity index (χ1) is 8.19. The number of hydrogen-bond acceptors (Lipinski definition) is 6. The Hall–Kier alpha value is -1.84. The summed E-state index contributed by atoms with van der Waals surface area (Å²) in [5.74, 6) is 0.619. The van der Waals surface area contributed by atoms with Crippen LogP contribution in [0.15, 0.2) is 12.3 Å². The van der Waals surface area contributed by atoms with Crippen molar-refractivity contribution in [1.29, 1.82) is 5.26 Å². The number of piperazine rings is 1. The molecule has 0 radical (unpaired) electrons. The van der Waals surface area contributed by atoms with Crippen molar-refractivity contribution in [3.05, 3.63) is 17.8 Å². The van der Waals surface area contributed by atoms with Gasteiger partial charge in [-0.05, 0) is 13.1 Å². The predicted molar refractivity (Wildman–Crippen MR) is 66.1 cm³/mol. The highest BCUT2D eigenvalue weighted by Crippen LogP contribution is 2.17. The van der Waals surface area contributed by atoms with Gasteiger partial charge in [0.15, 0.2) is 5.82 Å². The maximum absolute atomic E-state index is 8.72. The van der Waals surface area contributed by atoms with E-state index in [1.165, 1.54) is 6.20 Å². The number of anilines is 2. The van der Waals surface area contributed by atoms with Crippen LogP contribution in [0.2, 0.25) is 0 Å². The van der Waals surface area contributed by atoms with Gasteiger partial charge in [0, 0.05) is 32.4 Å². The second-order valence-corrected chi connectivity index (χ2v) is 4.18. The van der Waals surface area contributed by atoms with Crippen molar-refractivity contribution < 1.29 is 0 Å². The van der Waals surface area contributed by atoms with Crippen molar-refractivity contribution in [3.63, 3.8) is 0 Å². The molecule has 0 amide bonds. The first kappa shape index (κ1) is 11.6. The van der Waals surface area contributed by atoms with Gasteiger partial charge in [0.25, 0.3) is 0 Å². The first-order valence-corrected chi connectivity index (χ1v) is 5.55. The zero-order valence-electron chi connectivity index (χ0n) is 9.85. The molecule has 2 heterocycles. The van der Waals surface area contributed by atoms with E-state index in [2.05, 4.69) is 27.4 Å². The molecule has 0 spiro atoms. The largest absolute Gasteiger partial charge is 0.396 e. The maximum atomic E-state index is 8.72. The monoisotopic (exact) mass is 232 g/mol. The Kier molecular flexibility index (Phi) is 3.42. The lowest BCUT2D eigenvalue weighted by Crippen LogP contribution is -2.47. The van der Waals surface area contributed by atoms with Crippen LogP contribution < -0.4 is 11.2 Å². The fourth-order valence-corrected chi connectivity index (χ4v) is 1.70. The molecule has 17 heavy (non-hydrogen) atoms. The van der Waals surface area contributed by atoms with Crippen LogP contribution in [0.1, 0.15) is 5.56 Å². The second-order valence-electron chi connectivity index (χ2n) is 4.18. The zero-order chi connectivity index (χ0) is 12.3. The SMILES string of the molecule is CN1CCN(Nc2ncc(C#N)cc2N)CC1. The third kappa shape index (κ3) is 2.84. The number of hydrazine groups is 1. The van der Waals surface area contributed by atoms with E-state index >= 15 is 0 Å². The smallest absolute Gasteiger partial charge is 0.163 e. The molecule has 0 atom stereocenters. The molecule has 1 fully saturated rings. The van der Waals surface area contributed by atoms with Gasteiger partial charge in [0.1, 0.15) is 6.07 Å². The lowest BCUT2D eigenvalue weighted by atomic mass is 10.3. The predicted octanol–water partition coefficient (Wildman–Crippen LogP) is 0.110. The molecule has 0 aliphatic carbocycles. The van der Waals surface area contributed by atoms with Crippen molar-refractivity contribution in [2.24, 2.45) is 0 Å². The van der Waals surface area contributed by atoms with Crippen molar-refractivity contribution in [3.8, 4) is 6.07 Å². The first-order valence-electron chi connectivity index (χ1n) is 5.55. The lowest BCUT2D eigenvalue weighted by Gasteiger charge is -2.32. The molecule has 1 aromatic heterocycles. The van der Waals surface area contributed by atoms with E-state index in [-0.39, 0.29) is 0 Å². The number of nitriles is 1. The summed E-state index contributed by atoms with van der Waals surface area (Å²) in [6.07, 6.45) is 1.52. The summed E-state index contributed by atoms with van der Waals surface area (Å²) >= 11 is 0. The second kappa shape index (κ2) is 4.99. The Balaban J connectivity index is 2.02. The number of nitrogens with two attached hydrogens (primary N) is 1. The minimum absolute atomic E-state index is 0.478. The van der Waals surface area contributed by atoms with Crippen LogP contribution in [-0.2, 0) is 0 Å². The van der Waals surface area contributed by atoms with Crippen molar-refractivity contribution in [1.82, 2.24) is 14.9 Å². The summed E-state index contributed by atoms with van der Waals surface area (Å²) < 4.78 is 0. The number of rotatable bonds is 2. The Labute approximate surface area is 101 Å². The minimum atomic E-state index is 0.478. The van der Waals surface area contributed by atoms with Crippen molar-refractivity contribution in [2.75, 3.05) is 44.4 Å². The molecule has 90 valence electrons. The van der Waals surface area contributed by atoms with Gasteiger partial charge in [0.05, 0.1) is 11.3 Å². The molecular formula is C11H16N6. The van der Waals surface area contributed by atoms with Crippen LogP contribution >= 0.6 is 0 Å². The zero-order valence-corrected chi connectivity index (χ0v) is 9.85. The summed E-state index contributed by atoms with van der Waals surface area (Å²) in [5, 5.41) is 10.8. The molecule has 0 unspecified atom stereocenters. The Morgan fingerprint density at radius 2 is 2.12 bits per heavy atom. The van der Waals surface area contributed by atoms with Gasteiger partial charge in [-0.3, -0.25) is 0 Å². The highest BCUT2D eigenvalue weighted by molar-refractivity contribution is 5.62. The fraction of sp³-hybridized carbons (Fsp3) is 0.455. The van der Waals surface area contributed by atoms with Gasteiger partial charge in [-0.15, -0.1) is 0 Å². The third-order valence-corrected chi connectivity index (χ3v) is 2.81. The van der Waals surface area contributed by atoms with Gasteiger partial charge in [-0.2, -0.15) is 5.26 Å². The van der Waals surface area contributed by atoms with Crippen LogP contribution in [0.5, 0.6) is 0 Å². The lowest BCUT2D eigenvalue weighted by molar-refractivity contribution is 0.178. The molecule has 1 aliphatic rings.